The summed E-state index contributed by atoms with van der Waals surface area (Å²) in [5.74, 6) is -0.430. The Hall–Kier alpha value is -1.60. The van der Waals surface area contributed by atoms with Gasteiger partial charge in [0.2, 0.25) is 15.9 Å². The third kappa shape index (κ3) is 4.72. The third-order valence-electron chi connectivity index (χ3n) is 2.26. The molecular formula is C11H17N3O3S. The Morgan fingerprint density at radius 2 is 1.78 bits per heavy atom. The van der Waals surface area contributed by atoms with Crippen LogP contribution in [0.5, 0.6) is 0 Å². The fraction of sp³-hybridized carbons (Fsp3) is 0.364. The van der Waals surface area contributed by atoms with Gasteiger partial charge in [0, 0.05) is 23.8 Å². The first-order valence-electron chi connectivity index (χ1n) is 5.40. The summed E-state index contributed by atoms with van der Waals surface area (Å²) < 4.78 is 24.3. The summed E-state index contributed by atoms with van der Waals surface area (Å²) in [5.41, 5.74) is 6.43. The second-order valence-electron chi connectivity index (χ2n) is 4.08. The Balaban J connectivity index is 2.69. The summed E-state index contributed by atoms with van der Waals surface area (Å²) in [6.45, 7) is 2.01. The van der Waals surface area contributed by atoms with Crippen molar-refractivity contribution >= 4 is 27.3 Å². The number of carbonyl (C=O) groups excluding carboxylic acids is 1. The molecule has 0 aromatic heterocycles. The summed E-state index contributed by atoms with van der Waals surface area (Å²) in [7, 11) is -3.28. The molecule has 6 nitrogen and oxygen atoms in total. The predicted octanol–water partition coefficient (Wildman–Crippen LogP) is 0.591. The number of nitrogens with one attached hydrogen (secondary N) is 2. The zero-order valence-corrected chi connectivity index (χ0v) is 11.1. The van der Waals surface area contributed by atoms with Gasteiger partial charge in [-0.1, -0.05) is 6.92 Å². The number of rotatable bonds is 5. The molecule has 4 N–H and O–H groups in total. The van der Waals surface area contributed by atoms with Crippen molar-refractivity contribution in [1.29, 1.82) is 0 Å². The van der Waals surface area contributed by atoms with E-state index in [0.717, 1.165) is 6.26 Å². The van der Waals surface area contributed by atoms with Gasteiger partial charge in [0.25, 0.3) is 0 Å². The maximum atomic E-state index is 11.6. The summed E-state index contributed by atoms with van der Waals surface area (Å²) in [6.07, 6.45) is 1.08. The maximum Gasteiger partial charge on any atom is 0.229 e. The first-order chi connectivity index (χ1) is 8.31. The van der Waals surface area contributed by atoms with E-state index in [1.165, 1.54) is 0 Å². The number of carbonyl (C=O) groups is 1. The van der Waals surface area contributed by atoms with E-state index in [9.17, 15) is 13.2 Å². The molecule has 100 valence electrons. The molecule has 0 aliphatic heterocycles. The lowest BCUT2D eigenvalue weighted by atomic mass is 10.1. The highest BCUT2D eigenvalue weighted by atomic mass is 32.2. The highest BCUT2D eigenvalue weighted by Gasteiger charge is 2.10. The fourth-order valence-electron chi connectivity index (χ4n) is 1.21. The number of sulfonamides is 1. The molecule has 0 saturated carbocycles. The van der Waals surface area contributed by atoms with Crippen LogP contribution in [0.3, 0.4) is 0 Å². The van der Waals surface area contributed by atoms with Crippen LogP contribution in [0.25, 0.3) is 0 Å². The zero-order chi connectivity index (χ0) is 13.8. The van der Waals surface area contributed by atoms with E-state index in [0.29, 0.717) is 11.4 Å². The van der Waals surface area contributed by atoms with Crippen molar-refractivity contribution in [1.82, 2.24) is 0 Å². The van der Waals surface area contributed by atoms with Crippen LogP contribution in [-0.4, -0.2) is 27.1 Å². The lowest BCUT2D eigenvalue weighted by molar-refractivity contribution is -0.119. The van der Waals surface area contributed by atoms with Crippen LogP contribution < -0.4 is 15.8 Å². The van der Waals surface area contributed by atoms with Crippen LogP contribution in [-0.2, 0) is 14.8 Å². The van der Waals surface area contributed by atoms with Crippen LogP contribution >= 0.6 is 0 Å². The van der Waals surface area contributed by atoms with Gasteiger partial charge in [0.15, 0.2) is 0 Å². The number of hydrogen-bond acceptors (Lipinski definition) is 4. The monoisotopic (exact) mass is 271 g/mol. The molecule has 0 radical (unpaired) electrons. The number of anilines is 2. The van der Waals surface area contributed by atoms with E-state index in [2.05, 4.69) is 10.0 Å². The second-order valence-corrected chi connectivity index (χ2v) is 5.83. The molecule has 18 heavy (non-hydrogen) atoms. The highest BCUT2D eigenvalue weighted by Crippen LogP contribution is 2.15. The number of benzene rings is 1. The van der Waals surface area contributed by atoms with E-state index in [1.807, 2.05) is 0 Å². The van der Waals surface area contributed by atoms with E-state index in [4.69, 9.17) is 5.73 Å². The van der Waals surface area contributed by atoms with E-state index < -0.39 is 10.0 Å². The fourth-order valence-corrected chi connectivity index (χ4v) is 1.77. The molecule has 0 spiro atoms. The molecule has 1 aromatic rings. The first-order valence-corrected chi connectivity index (χ1v) is 7.30. The van der Waals surface area contributed by atoms with Crippen molar-refractivity contribution in [2.45, 2.75) is 6.92 Å². The molecule has 1 aromatic carbocycles. The van der Waals surface area contributed by atoms with Gasteiger partial charge in [-0.3, -0.25) is 9.52 Å². The quantitative estimate of drug-likeness (QED) is 0.729. The Labute approximate surface area is 107 Å². The average Bonchev–Trinajstić information content (AvgIpc) is 2.28. The van der Waals surface area contributed by atoms with Crippen molar-refractivity contribution in [2.24, 2.45) is 11.7 Å². The van der Waals surface area contributed by atoms with Gasteiger partial charge in [0.05, 0.1) is 6.26 Å². The van der Waals surface area contributed by atoms with Crippen LogP contribution in [0.15, 0.2) is 24.3 Å². The molecular weight excluding hydrogens is 254 g/mol. The van der Waals surface area contributed by atoms with Crippen LogP contribution in [0, 0.1) is 5.92 Å². The Morgan fingerprint density at radius 1 is 1.28 bits per heavy atom. The van der Waals surface area contributed by atoms with Gasteiger partial charge in [-0.2, -0.15) is 0 Å². The minimum absolute atomic E-state index is 0.165. The van der Waals surface area contributed by atoms with Gasteiger partial charge < -0.3 is 11.1 Å². The first kappa shape index (κ1) is 14.5. The molecule has 0 heterocycles. The lowest BCUT2D eigenvalue weighted by Crippen LogP contribution is -2.26. The summed E-state index contributed by atoms with van der Waals surface area (Å²) in [6, 6.07) is 6.39. The highest BCUT2D eigenvalue weighted by molar-refractivity contribution is 7.92. The van der Waals surface area contributed by atoms with Gasteiger partial charge in [0.1, 0.15) is 0 Å². The van der Waals surface area contributed by atoms with Gasteiger partial charge in [-0.25, -0.2) is 8.42 Å². The Morgan fingerprint density at radius 3 is 2.22 bits per heavy atom. The molecule has 0 saturated heterocycles. The predicted molar refractivity (Wildman–Crippen MR) is 71.8 cm³/mol. The van der Waals surface area contributed by atoms with Crippen LogP contribution in [0.2, 0.25) is 0 Å². The van der Waals surface area contributed by atoms with Gasteiger partial charge in [-0.15, -0.1) is 0 Å². The van der Waals surface area contributed by atoms with E-state index in [1.54, 1.807) is 31.2 Å². The minimum Gasteiger partial charge on any atom is -0.330 e. The summed E-state index contributed by atoms with van der Waals surface area (Å²) in [5, 5.41) is 2.69. The maximum absolute atomic E-state index is 11.6. The molecule has 0 bridgehead atoms. The minimum atomic E-state index is -3.28. The molecule has 0 fully saturated rings. The van der Waals surface area contributed by atoms with Gasteiger partial charge >= 0.3 is 0 Å². The summed E-state index contributed by atoms with van der Waals surface area (Å²) in [4.78, 5) is 11.6. The molecule has 1 rings (SSSR count). The van der Waals surface area contributed by atoms with Gasteiger partial charge in [-0.05, 0) is 24.3 Å². The van der Waals surface area contributed by atoms with Crippen LogP contribution in [0.4, 0.5) is 11.4 Å². The summed E-state index contributed by atoms with van der Waals surface area (Å²) >= 11 is 0. The number of nitrogens with two attached hydrogens (primary N) is 1. The molecule has 0 aliphatic carbocycles. The largest absolute Gasteiger partial charge is 0.330 e. The molecule has 7 heteroatoms. The lowest BCUT2D eigenvalue weighted by Gasteiger charge is -2.10. The zero-order valence-electron chi connectivity index (χ0n) is 10.3. The second kappa shape index (κ2) is 5.83. The third-order valence-corrected chi connectivity index (χ3v) is 2.86. The number of hydrogen-bond donors (Lipinski definition) is 3. The SMILES string of the molecule is CC(CN)C(=O)Nc1ccc(NS(C)(=O)=O)cc1. The normalized spacial score (nSPS) is 12.8. The molecule has 0 aliphatic rings. The topological polar surface area (TPSA) is 101 Å². The van der Waals surface area contributed by atoms with Crippen molar-refractivity contribution in [3.8, 4) is 0 Å². The van der Waals surface area contributed by atoms with Crippen LogP contribution in [0.1, 0.15) is 6.92 Å². The number of amides is 1. The average molecular weight is 271 g/mol. The van der Waals surface area contributed by atoms with Crippen molar-refractivity contribution in [2.75, 3.05) is 22.8 Å². The van der Waals surface area contributed by atoms with Crippen molar-refractivity contribution in [3.63, 3.8) is 0 Å². The Bertz CT molecular complexity index is 511. The molecule has 1 amide bonds. The molecule has 1 atom stereocenters. The van der Waals surface area contributed by atoms with Crippen molar-refractivity contribution in [3.05, 3.63) is 24.3 Å². The Kier molecular flexibility index (Phi) is 4.69. The standard InChI is InChI=1S/C11H17N3O3S/c1-8(7-12)11(15)13-9-3-5-10(6-4-9)14-18(2,16)17/h3-6,8,14H,7,12H2,1-2H3,(H,13,15). The van der Waals surface area contributed by atoms with E-state index >= 15 is 0 Å². The van der Waals surface area contributed by atoms with Crippen molar-refractivity contribution < 1.29 is 13.2 Å². The smallest absolute Gasteiger partial charge is 0.229 e. The molecule has 1 unspecified atom stereocenters. The van der Waals surface area contributed by atoms with E-state index in [-0.39, 0.29) is 18.4 Å².